The van der Waals surface area contributed by atoms with Crippen molar-refractivity contribution in [3.63, 3.8) is 0 Å². The minimum Gasteiger partial charge on any atom is -0.466 e. The highest BCUT2D eigenvalue weighted by atomic mass is 16.5. The van der Waals surface area contributed by atoms with E-state index in [9.17, 15) is 14.4 Å². The van der Waals surface area contributed by atoms with Crippen LogP contribution in [0.2, 0.25) is 0 Å². The van der Waals surface area contributed by atoms with Gasteiger partial charge in [-0.3, -0.25) is 14.6 Å². The predicted octanol–water partition coefficient (Wildman–Crippen LogP) is -0.536. The van der Waals surface area contributed by atoms with Crippen LogP contribution < -0.4 is 0 Å². The second-order valence-electron chi connectivity index (χ2n) is 3.67. The van der Waals surface area contributed by atoms with Gasteiger partial charge in [-0.25, -0.2) is 4.79 Å². The zero-order chi connectivity index (χ0) is 12.6. The Bertz CT molecular complexity index is 504. The molecule has 2 rings (SSSR count). The van der Waals surface area contributed by atoms with Crippen LogP contribution >= 0.6 is 0 Å². The molecule has 0 aromatic rings. The second-order valence-corrected chi connectivity index (χ2v) is 3.67. The Kier molecular flexibility index (Phi) is 2.42. The Morgan fingerprint density at radius 3 is 2.71 bits per heavy atom. The quantitative estimate of drug-likeness (QED) is 0.571. The first-order valence-corrected chi connectivity index (χ1v) is 4.88. The summed E-state index contributed by atoms with van der Waals surface area (Å²) in [5.74, 6) is -1.35. The summed E-state index contributed by atoms with van der Waals surface area (Å²) in [4.78, 5) is 39.7. The number of hydrogen-bond acceptors (Lipinski definition) is 5. The maximum Gasteiger partial charge on any atom is 0.338 e. The van der Waals surface area contributed by atoms with Crippen LogP contribution in [0.5, 0.6) is 0 Å². The zero-order valence-electron chi connectivity index (χ0n) is 9.34. The van der Waals surface area contributed by atoms with Crippen molar-refractivity contribution < 1.29 is 19.1 Å². The van der Waals surface area contributed by atoms with Crippen LogP contribution in [-0.4, -0.2) is 48.6 Å². The van der Waals surface area contributed by atoms with Gasteiger partial charge in [0.1, 0.15) is 0 Å². The van der Waals surface area contributed by atoms with Gasteiger partial charge in [-0.05, 0) is 12.2 Å². The number of rotatable bonds is 1. The SMILES string of the molecule is COC(=O)C1=CC(=O)C=C[C@@]12N=CC(=O)N2C. The molecule has 1 spiro atoms. The lowest BCUT2D eigenvalue weighted by Crippen LogP contribution is -2.47. The van der Waals surface area contributed by atoms with Crippen LogP contribution in [0.4, 0.5) is 0 Å². The summed E-state index contributed by atoms with van der Waals surface area (Å²) in [6, 6.07) is 0. The molecule has 0 bridgehead atoms. The van der Waals surface area contributed by atoms with Crippen LogP contribution in [0.15, 0.2) is 28.8 Å². The van der Waals surface area contributed by atoms with Crippen molar-refractivity contribution in [2.45, 2.75) is 5.66 Å². The van der Waals surface area contributed by atoms with Gasteiger partial charge < -0.3 is 9.64 Å². The highest BCUT2D eigenvalue weighted by molar-refractivity contribution is 6.29. The van der Waals surface area contributed by atoms with E-state index in [4.69, 9.17) is 0 Å². The van der Waals surface area contributed by atoms with Gasteiger partial charge in [0.2, 0.25) is 0 Å². The molecule has 1 aliphatic carbocycles. The number of esters is 1. The molecular formula is C11H10N2O4. The molecule has 1 aliphatic heterocycles. The maximum absolute atomic E-state index is 11.6. The lowest BCUT2D eigenvalue weighted by molar-refractivity contribution is -0.138. The van der Waals surface area contributed by atoms with Gasteiger partial charge in [0, 0.05) is 13.1 Å². The number of carbonyl (C=O) groups excluding carboxylic acids is 3. The van der Waals surface area contributed by atoms with Crippen molar-refractivity contribution in [2.24, 2.45) is 4.99 Å². The molecule has 1 atom stereocenters. The molecule has 0 fully saturated rings. The molecule has 0 aromatic heterocycles. The van der Waals surface area contributed by atoms with Crippen molar-refractivity contribution in [3.05, 3.63) is 23.8 Å². The normalized spacial score (nSPS) is 26.7. The van der Waals surface area contributed by atoms with Crippen LogP contribution in [0.1, 0.15) is 0 Å². The van der Waals surface area contributed by atoms with Crippen molar-refractivity contribution in [2.75, 3.05) is 14.2 Å². The van der Waals surface area contributed by atoms with E-state index in [1.54, 1.807) is 0 Å². The minimum absolute atomic E-state index is 0.0390. The topological polar surface area (TPSA) is 76.0 Å². The first-order valence-electron chi connectivity index (χ1n) is 4.88. The Morgan fingerprint density at radius 2 is 2.18 bits per heavy atom. The van der Waals surface area contributed by atoms with E-state index in [1.807, 2.05) is 0 Å². The Balaban J connectivity index is 2.53. The van der Waals surface area contributed by atoms with E-state index in [2.05, 4.69) is 9.73 Å². The molecule has 0 saturated heterocycles. The summed E-state index contributed by atoms with van der Waals surface area (Å²) < 4.78 is 4.60. The molecule has 0 saturated carbocycles. The smallest absolute Gasteiger partial charge is 0.338 e. The molecule has 0 radical (unpaired) electrons. The van der Waals surface area contributed by atoms with Crippen molar-refractivity contribution in [3.8, 4) is 0 Å². The number of ketones is 1. The lowest BCUT2D eigenvalue weighted by atomic mass is 9.92. The standard InChI is InChI=1S/C11H10N2O4/c1-13-9(15)6-12-11(13)4-3-7(14)5-8(11)10(16)17-2/h3-6H,1-2H3/t11-/m0/s1. The number of amides is 1. The molecule has 0 unspecified atom stereocenters. The van der Waals surface area contributed by atoms with Crippen LogP contribution in [-0.2, 0) is 19.1 Å². The highest BCUT2D eigenvalue weighted by Crippen LogP contribution is 2.33. The Labute approximate surface area is 97.3 Å². The van der Waals surface area contributed by atoms with E-state index in [0.29, 0.717) is 0 Å². The number of hydrogen-bond donors (Lipinski definition) is 0. The molecule has 0 aromatic carbocycles. The third kappa shape index (κ3) is 1.49. The van der Waals surface area contributed by atoms with Crippen LogP contribution in [0.25, 0.3) is 0 Å². The third-order valence-corrected chi connectivity index (χ3v) is 2.78. The number of allylic oxidation sites excluding steroid dienone is 2. The molecule has 1 heterocycles. The third-order valence-electron chi connectivity index (χ3n) is 2.78. The Hall–Kier alpha value is -2.24. The van der Waals surface area contributed by atoms with Gasteiger partial charge in [-0.15, -0.1) is 0 Å². The van der Waals surface area contributed by atoms with Gasteiger partial charge in [0.15, 0.2) is 11.4 Å². The van der Waals surface area contributed by atoms with E-state index in [-0.39, 0.29) is 17.3 Å². The first-order chi connectivity index (χ1) is 8.01. The number of nitrogens with zero attached hydrogens (tertiary/aromatic N) is 2. The average Bonchev–Trinajstić information content (AvgIpc) is 2.61. The number of carbonyl (C=O) groups is 3. The average molecular weight is 234 g/mol. The van der Waals surface area contributed by atoms with Gasteiger partial charge >= 0.3 is 5.97 Å². The summed E-state index contributed by atoms with van der Waals surface area (Å²) >= 11 is 0. The summed E-state index contributed by atoms with van der Waals surface area (Å²) in [6.07, 6.45) is 4.96. The second kappa shape index (κ2) is 3.65. The van der Waals surface area contributed by atoms with Crippen molar-refractivity contribution in [1.82, 2.24) is 4.90 Å². The fourth-order valence-corrected chi connectivity index (χ4v) is 1.80. The highest BCUT2D eigenvalue weighted by Gasteiger charge is 2.47. The molecule has 6 heteroatoms. The summed E-state index contributed by atoms with van der Waals surface area (Å²) in [6.45, 7) is 0. The zero-order valence-corrected chi connectivity index (χ0v) is 9.34. The monoisotopic (exact) mass is 234 g/mol. The van der Waals surface area contributed by atoms with Gasteiger partial charge in [0.25, 0.3) is 5.91 Å². The molecule has 17 heavy (non-hydrogen) atoms. The largest absolute Gasteiger partial charge is 0.466 e. The summed E-state index contributed by atoms with van der Waals surface area (Å²) in [5.41, 5.74) is -1.20. The van der Waals surface area contributed by atoms with Crippen LogP contribution in [0.3, 0.4) is 0 Å². The number of aliphatic imine (C=N–C) groups is 1. The van der Waals surface area contributed by atoms with Crippen molar-refractivity contribution >= 4 is 23.9 Å². The fraction of sp³-hybridized carbons (Fsp3) is 0.273. The Morgan fingerprint density at radius 1 is 1.47 bits per heavy atom. The van der Waals surface area contributed by atoms with E-state index in [0.717, 1.165) is 12.3 Å². The molecule has 1 amide bonds. The number of likely N-dealkylation sites (N-methyl/N-ethyl adjacent to an activating group) is 1. The minimum atomic E-state index is -1.24. The van der Waals surface area contributed by atoms with Gasteiger partial charge in [0.05, 0.1) is 18.9 Å². The van der Waals surface area contributed by atoms with Gasteiger partial charge in [-0.1, -0.05) is 0 Å². The predicted molar refractivity (Wildman–Crippen MR) is 58.2 cm³/mol. The number of ether oxygens (including phenoxy) is 1. The molecule has 2 aliphatic rings. The van der Waals surface area contributed by atoms with Crippen molar-refractivity contribution in [1.29, 1.82) is 0 Å². The molecule has 6 nitrogen and oxygen atoms in total. The van der Waals surface area contributed by atoms with E-state index >= 15 is 0 Å². The first kappa shape index (κ1) is 11.3. The lowest BCUT2D eigenvalue weighted by Gasteiger charge is -2.33. The van der Waals surface area contributed by atoms with E-state index < -0.39 is 11.6 Å². The molecular weight excluding hydrogens is 224 g/mol. The summed E-state index contributed by atoms with van der Waals surface area (Å²) in [7, 11) is 2.71. The molecule has 0 N–H and O–H groups in total. The number of methoxy groups -OCH3 is 1. The van der Waals surface area contributed by atoms with E-state index in [1.165, 1.54) is 31.2 Å². The fourth-order valence-electron chi connectivity index (χ4n) is 1.80. The maximum atomic E-state index is 11.6. The van der Waals surface area contributed by atoms with Crippen LogP contribution in [0, 0.1) is 0 Å². The van der Waals surface area contributed by atoms with Gasteiger partial charge in [-0.2, -0.15) is 0 Å². The summed E-state index contributed by atoms with van der Waals surface area (Å²) in [5, 5.41) is 0. The molecule has 88 valence electrons.